The van der Waals surface area contributed by atoms with Gasteiger partial charge in [0.15, 0.2) is 5.82 Å². The van der Waals surface area contributed by atoms with Crippen molar-refractivity contribution in [2.24, 2.45) is 5.73 Å². The molecule has 1 aromatic carbocycles. The number of rotatable bonds is 8. The third-order valence-electron chi connectivity index (χ3n) is 3.24. The van der Waals surface area contributed by atoms with Crippen LogP contribution in [-0.4, -0.2) is 35.0 Å². The van der Waals surface area contributed by atoms with E-state index in [1.54, 1.807) is 31.2 Å². The number of anilines is 1. The predicted molar refractivity (Wildman–Crippen MR) is 88.4 cm³/mol. The number of nitrogens with two attached hydrogens (primary N) is 1. The Hall–Kier alpha value is -2.74. The largest absolute Gasteiger partial charge is 0.351 e. The molecule has 0 saturated carbocycles. The van der Waals surface area contributed by atoms with Crippen molar-refractivity contribution >= 4 is 17.5 Å². The Labute approximate surface area is 139 Å². The van der Waals surface area contributed by atoms with Gasteiger partial charge >= 0.3 is 0 Å². The van der Waals surface area contributed by atoms with E-state index in [0.29, 0.717) is 55.3 Å². The number of para-hydroxylation sites is 1. The average molecular weight is 331 g/mol. The van der Waals surface area contributed by atoms with Gasteiger partial charge in [-0.25, -0.2) is 0 Å². The number of nitrogens with zero attached hydrogens (tertiary/aromatic N) is 2. The number of amides is 2. The summed E-state index contributed by atoms with van der Waals surface area (Å²) in [4.78, 5) is 28.2. The Kier molecular flexibility index (Phi) is 6.44. The van der Waals surface area contributed by atoms with Gasteiger partial charge < -0.3 is 20.9 Å². The summed E-state index contributed by atoms with van der Waals surface area (Å²) in [6.45, 7) is 2.48. The van der Waals surface area contributed by atoms with Gasteiger partial charge in [0, 0.05) is 25.9 Å². The van der Waals surface area contributed by atoms with Crippen LogP contribution in [0.4, 0.5) is 5.69 Å². The topological polar surface area (TPSA) is 123 Å². The van der Waals surface area contributed by atoms with E-state index in [2.05, 4.69) is 20.8 Å². The molecule has 0 aliphatic rings. The molecule has 8 nitrogen and oxygen atoms in total. The fourth-order valence-corrected chi connectivity index (χ4v) is 2.13. The molecule has 2 aromatic rings. The van der Waals surface area contributed by atoms with Gasteiger partial charge in [-0.05, 0) is 25.5 Å². The quantitative estimate of drug-likeness (QED) is 0.664. The second-order valence-corrected chi connectivity index (χ2v) is 5.23. The number of carbonyl (C=O) groups is 2. The fraction of sp³-hybridized carbons (Fsp3) is 0.375. The zero-order valence-electron chi connectivity index (χ0n) is 13.5. The summed E-state index contributed by atoms with van der Waals surface area (Å²) < 4.78 is 5.00. The Bertz CT molecular complexity index is 699. The number of benzene rings is 1. The van der Waals surface area contributed by atoms with Crippen molar-refractivity contribution < 1.29 is 14.1 Å². The predicted octanol–water partition coefficient (Wildman–Crippen LogP) is 1.03. The van der Waals surface area contributed by atoms with E-state index in [1.165, 1.54) is 0 Å². The first kappa shape index (κ1) is 17.6. The SMILES string of the molecule is Cc1noc(CCCC(=O)Nc2ccccc2C(=O)NCCN)n1. The second-order valence-electron chi connectivity index (χ2n) is 5.23. The minimum absolute atomic E-state index is 0.176. The molecule has 2 rings (SSSR count). The summed E-state index contributed by atoms with van der Waals surface area (Å²) >= 11 is 0. The van der Waals surface area contributed by atoms with Crippen molar-refractivity contribution in [2.45, 2.75) is 26.2 Å². The van der Waals surface area contributed by atoms with Crippen LogP contribution in [0.1, 0.15) is 34.9 Å². The van der Waals surface area contributed by atoms with Crippen molar-refractivity contribution in [1.82, 2.24) is 15.5 Å². The summed E-state index contributed by atoms with van der Waals surface area (Å²) in [7, 11) is 0. The average Bonchev–Trinajstić information content (AvgIpc) is 2.98. The molecular formula is C16H21N5O3. The summed E-state index contributed by atoms with van der Waals surface area (Å²) in [6, 6.07) is 6.85. The lowest BCUT2D eigenvalue weighted by molar-refractivity contribution is -0.116. The first-order valence-corrected chi connectivity index (χ1v) is 7.76. The van der Waals surface area contributed by atoms with Crippen LogP contribution in [0.3, 0.4) is 0 Å². The highest BCUT2D eigenvalue weighted by molar-refractivity contribution is 6.03. The molecule has 1 aromatic heterocycles. The summed E-state index contributed by atoms with van der Waals surface area (Å²) in [5, 5.41) is 9.15. The van der Waals surface area contributed by atoms with Gasteiger partial charge in [0.2, 0.25) is 11.8 Å². The van der Waals surface area contributed by atoms with E-state index in [-0.39, 0.29) is 11.8 Å². The fourth-order valence-electron chi connectivity index (χ4n) is 2.13. The number of hydrogen-bond acceptors (Lipinski definition) is 6. The van der Waals surface area contributed by atoms with Crippen molar-refractivity contribution in [3.63, 3.8) is 0 Å². The van der Waals surface area contributed by atoms with E-state index in [1.807, 2.05) is 0 Å². The lowest BCUT2D eigenvalue weighted by Gasteiger charge is -2.11. The lowest BCUT2D eigenvalue weighted by Crippen LogP contribution is -2.29. The molecule has 8 heteroatoms. The third-order valence-corrected chi connectivity index (χ3v) is 3.24. The number of hydrogen-bond donors (Lipinski definition) is 3. The minimum atomic E-state index is -0.266. The van der Waals surface area contributed by atoms with Crippen LogP contribution in [0.25, 0.3) is 0 Å². The molecule has 0 aliphatic carbocycles. The highest BCUT2D eigenvalue weighted by Gasteiger charge is 2.13. The molecular weight excluding hydrogens is 310 g/mol. The van der Waals surface area contributed by atoms with E-state index in [9.17, 15) is 9.59 Å². The van der Waals surface area contributed by atoms with Crippen molar-refractivity contribution in [3.8, 4) is 0 Å². The van der Waals surface area contributed by atoms with Crippen LogP contribution < -0.4 is 16.4 Å². The smallest absolute Gasteiger partial charge is 0.253 e. The molecule has 128 valence electrons. The van der Waals surface area contributed by atoms with Crippen LogP contribution in [-0.2, 0) is 11.2 Å². The maximum absolute atomic E-state index is 12.1. The monoisotopic (exact) mass is 331 g/mol. The highest BCUT2D eigenvalue weighted by Crippen LogP contribution is 2.15. The molecule has 4 N–H and O–H groups in total. The molecule has 0 spiro atoms. The second kappa shape index (κ2) is 8.78. The van der Waals surface area contributed by atoms with E-state index >= 15 is 0 Å². The maximum Gasteiger partial charge on any atom is 0.253 e. The first-order chi connectivity index (χ1) is 11.6. The molecule has 0 atom stereocenters. The Morgan fingerprint density at radius 1 is 1.29 bits per heavy atom. The number of nitrogens with one attached hydrogen (secondary N) is 2. The lowest BCUT2D eigenvalue weighted by atomic mass is 10.1. The zero-order chi connectivity index (χ0) is 17.4. The normalized spacial score (nSPS) is 10.4. The minimum Gasteiger partial charge on any atom is -0.351 e. The van der Waals surface area contributed by atoms with Gasteiger partial charge in [0.1, 0.15) is 0 Å². The summed E-state index contributed by atoms with van der Waals surface area (Å²) in [6.07, 6.45) is 1.40. The molecule has 2 amide bonds. The Morgan fingerprint density at radius 3 is 2.79 bits per heavy atom. The van der Waals surface area contributed by atoms with Gasteiger partial charge in [0.25, 0.3) is 5.91 Å². The maximum atomic E-state index is 12.1. The summed E-state index contributed by atoms with van der Waals surface area (Å²) in [5.41, 5.74) is 6.26. The Balaban J connectivity index is 1.88. The highest BCUT2D eigenvalue weighted by atomic mass is 16.5. The molecule has 0 saturated heterocycles. The molecule has 0 radical (unpaired) electrons. The van der Waals surface area contributed by atoms with E-state index < -0.39 is 0 Å². The van der Waals surface area contributed by atoms with E-state index in [0.717, 1.165) is 0 Å². The molecule has 0 aliphatic heterocycles. The van der Waals surface area contributed by atoms with Gasteiger partial charge in [0.05, 0.1) is 11.3 Å². The first-order valence-electron chi connectivity index (χ1n) is 7.76. The molecule has 0 fully saturated rings. The van der Waals surface area contributed by atoms with Crippen molar-refractivity contribution in [3.05, 3.63) is 41.5 Å². The van der Waals surface area contributed by atoms with Crippen LogP contribution in [0.2, 0.25) is 0 Å². The van der Waals surface area contributed by atoms with Gasteiger partial charge in [-0.15, -0.1) is 0 Å². The van der Waals surface area contributed by atoms with Crippen LogP contribution in [0, 0.1) is 6.92 Å². The zero-order valence-corrected chi connectivity index (χ0v) is 13.5. The number of aromatic nitrogens is 2. The summed E-state index contributed by atoms with van der Waals surface area (Å²) in [5.74, 6) is 0.650. The Morgan fingerprint density at radius 2 is 2.08 bits per heavy atom. The van der Waals surface area contributed by atoms with Crippen molar-refractivity contribution in [2.75, 3.05) is 18.4 Å². The van der Waals surface area contributed by atoms with Crippen molar-refractivity contribution in [1.29, 1.82) is 0 Å². The number of aryl methyl sites for hydroxylation is 2. The number of carbonyl (C=O) groups excluding carboxylic acids is 2. The molecule has 0 bridgehead atoms. The third kappa shape index (κ3) is 5.17. The standard InChI is InChI=1S/C16H21N5O3/c1-11-19-15(24-21-11)8-4-7-14(22)20-13-6-3-2-5-12(13)16(23)18-10-9-17/h2-3,5-6H,4,7-10,17H2,1H3,(H,18,23)(H,20,22). The van der Waals surface area contributed by atoms with Crippen LogP contribution in [0.15, 0.2) is 28.8 Å². The van der Waals surface area contributed by atoms with Crippen LogP contribution in [0.5, 0.6) is 0 Å². The van der Waals surface area contributed by atoms with Gasteiger partial charge in [-0.3, -0.25) is 9.59 Å². The van der Waals surface area contributed by atoms with Gasteiger partial charge in [-0.2, -0.15) is 4.98 Å². The van der Waals surface area contributed by atoms with E-state index in [4.69, 9.17) is 10.3 Å². The van der Waals surface area contributed by atoms with Gasteiger partial charge in [-0.1, -0.05) is 17.3 Å². The molecule has 1 heterocycles. The van der Waals surface area contributed by atoms with Crippen LogP contribution >= 0.6 is 0 Å². The molecule has 0 unspecified atom stereocenters. The molecule has 24 heavy (non-hydrogen) atoms.